The number of aryl methyl sites for hydroxylation is 1. The fourth-order valence-electron chi connectivity index (χ4n) is 3.02. The van der Waals surface area contributed by atoms with E-state index in [0.29, 0.717) is 6.61 Å². The van der Waals surface area contributed by atoms with Gasteiger partial charge in [-0.05, 0) is 61.6 Å². The molecule has 2 aromatic rings. The number of nitrogens with zero attached hydrogens (tertiary/aromatic N) is 1. The lowest BCUT2D eigenvalue weighted by atomic mass is 10.1. The van der Waals surface area contributed by atoms with Gasteiger partial charge in [-0.15, -0.1) is 0 Å². The topological polar surface area (TPSA) is 64.1 Å². The second kappa shape index (κ2) is 12.5. The van der Waals surface area contributed by atoms with Gasteiger partial charge in [-0.1, -0.05) is 18.2 Å². The zero-order valence-electron chi connectivity index (χ0n) is 18.0. The van der Waals surface area contributed by atoms with Crippen LogP contribution in [0.1, 0.15) is 24.5 Å². The molecule has 0 heterocycles. The van der Waals surface area contributed by atoms with E-state index in [0.717, 1.165) is 55.6 Å². The van der Waals surface area contributed by atoms with Gasteiger partial charge in [0, 0.05) is 20.1 Å². The fraction of sp³-hybridized carbons (Fsp3) is 0.435. The molecule has 2 aromatic carbocycles. The van der Waals surface area contributed by atoms with Gasteiger partial charge in [0.05, 0.1) is 20.8 Å². The Labute approximate surface area is 174 Å². The lowest BCUT2D eigenvalue weighted by Crippen LogP contribution is -2.38. The van der Waals surface area contributed by atoms with E-state index in [1.54, 1.807) is 21.3 Å². The van der Waals surface area contributed by atoms with E-state index in [9.17, 15) is 0 Å². The first-order valence-corrected chi connectivity index (χ1v) is 10.1. The molecule has 0 radical (unpaired) electrons. The molecule has 2 N–H and O–H groups in total. The van der Waals surface area contributed by atoms with Crippen molar-refractivity contribution in [3.05, 3.63) is 53.6 Å². The van der Waals surface area contributed by atoms with Crippen molar-refractivity contribution >= 4 is 5.96 Å². The number of ether oxygens (including phenoxy) is 3. The van der Waals surface area contributed by atoms with E-state index in [4.69, 9.17) is 14.2 Å². The van der Waals surface area contributed by atoms with Gasteiger partial charge in [-0.2, -0.15) is 0 Å². The Morgan fingerprint density at radius 1 is 0.897 bits per heavy atom. The van der Waals surface area contributed by atoms with Crippen LogP contribution in [0.3, 0.4) is 0 Å². The van der Waals surface area contributed by atoms with Crippen LogP contribution in [0.2, 0.25) is 0 Å². The first-order chi connectivity index (χ1) is 14.2. The van der Waals surface area contributed by atoms with Gasteiger partial charge in [0.15, 0.2) is 17.5 Å². The Balaban J connectivity index is 1.72. The van der Waals surface area contributed by atoms with Gasteiger partial charge in [0.25, 0.3) is 0 Å². The molecule has 0 aliphatic heterocycles. The van der Waals surface area contributed by atoms with Crippen molar-refractivity contribution in [2.75, 3.05) is 41.0 Å². The molecule has 0 aliphatic rings. The first-order valence-electron chi connectivity index (χ1n) is 10.1. The summed E-state index contributed by atoms with van der Waals surface area (Å²) in [6, 6.07) is 14.2. The van der Waals surface area contributed by atoms with Crippen molar-refractivity contribution < 1.29 is 14.2 Å². The standard InChI is InChI=1S/C23H33N3O3/c1-5-29-22-17-18(11-12-21(22)28-4)9-7-14-25-23(24-2)26-15-13-19-8-6-10-20(16-19)27-3/h6,8,10-12,16-17H,5,7,9,13-15H2,1-4H3,(H2,24,25,26). The van der Waals surface area contributed by atoms with E-state index in [1.807, 2.05) is 25.1 Å². The number of aliphatic imine (C=N–C) groups is 1. The molecule has 0 saturated carbocycles. The van der Waals surface area contributed by atoms with Crippen LogP contribution in [-0.2, 0) is 12.8 Å². The zero-order chi connectivity index (χ0) is 20.9. The van der Waals surface area contributed by atoms with Crippen LogP contribution in [0.4, 0.5) is 0 Å². The van der Waals surface area contributed by atoms with Crippen LogP contribution >= 0.6 is 0 Å². The van der Waals surface area contributed by atoms with Crippen molar-refractivity contribution in [3.63, 3.8) is 0 Å². The Kier molecular flexibility index (Phi) is 9.69. The Hall–Kier alpha value is -2.89. The van der Waals surface area contributed by atoms with E-state index < -0.39 is 0 Å². The van der Waals surface area contributed by atoms with E-state index >= 15 is 0 Å². The number of methoxy groups -OCH3 is 2. The van der Waals surface area contributed by atoms with Crippen LogP contribution in [0.15, 0.2) is 47.5 Å². The summed E-state index contributed by atoms with van der Waals surface area (Å²) >= 11 is 0. The molecule has 0 unspecified atom stereocenters. The molecule has 0 fully saturated rings. The maximum Gasteiger partial charge on any atom is 0.190 e. The minimum atomic E-state index is 0.624. The predicted molar refractivity (Wildman–Crippen MR) is 119 cm³/mol. The van der Waals surface area contributed by atoms with Crippen LogP contribution in [0, 0.1) is 0 Å². The molecular weight excluding hydrogens is 366 g/mol. The quantitative estimate of drug-likeness (QED) is 0.344. The SMILES string of the molecule is CCOc1cc(CCCNC(=NC)NCCc2cccc(OC)c2)ccc1OC. The second-order valence-corrected chi connectivity index (χ2v) is 6.55. The third kappa shape index (κ3) is 7.56. The molecule has 0 atom stereocenters. The molecule has 29 heavy (non-hydrogen) atoms. The summed E-state index contributed by atoms with van der Waals surface area (Å²) in [5, 5.41) is 6.73. The van der Waals surface area contributed by atoms with Crippen molar-refractivity contribution in [2.24, 2.45) is 4.99 Å². The first kappa shape index (κ1) is 22.4. The third-order valence-electron chi connectivity index (χ3n) is 4.53. The number of hydrogen-bond donors (Lipinski definition) is 2. The third-order valence-corrected chi connectivity index (χ3v) is 4.53. The number of guanidine groups is 1. The monoisotopic (exact) mass is 399 g/mol. The fourth-order valence-corrected chi connectivity index (χ4v) is 3.02. The molecule has 0 bridgehead atoms. The second-order valence-electron chi connectivity index (χ2n) is 6.55. The van der Waals surface area contributed by atoms with Gasteiger partial charge >= 0.3 is 0 Å². The number of hydrogen-bond acceptors (Lipinski definition) is 4. The number of rotatable bonds is 11. The van der Waals surface area contributed by atoms with Gasteiger partial charge < -0.3 is 24.8 Å². The molecule has 0 saturated heterocycles. The molecule has 0 amide bonds. The molecule has 2 rings (SSSR count). The normalized spacial score (nSPS) is 11.1. The summed E-state index contributed by atoms with van der Waals surface area (Å²) < 4.78 is 16.3. The van der Waals surface area contributed by atoms with E-state index in [2.05, 4.69) is 39.9 Å². The van der Waals surface area contributed by atoms with Crippen LogP contribution in [-0.4, -0.2) is 46.9 Å². The highest BCUT2D eigenvalue weighted by molar-refractivity contribution is 5.79. The minimum absolute atomic E-state index is 0.624. The molecule has 0 spiro atoms. The summed E-state index contributed by atoms with van der Waals surface area (Å²) in [7, 11) is 5.14. The molecular formula is C23H33N3O3. The summed E-state index contributed by atoms with van der Waals surface area (Å²) in [5.74, 6) is 3.28. The molecule has 158 valence electrons. The maximum atomic E-state index is 5.65. The minimum Gasteiger partial charge on any atom is -0.497 e. The predicted octanol–water partition coefficient (Wildman–Crippen LogP) is 3.44. The lowest BCUT2D eigenvalue weighted by Gasteiger charge is -2.13. The smallest absolute Gasteiger partial charge is 0.190 e. The van der Waals surface area contributed by atoms with Crippen LogP contribution < -0.4 is 24.8 Å². The van der Waals surface area contributed by atoms with Crippen LogP contribution in [0.25, 0.3) is 0 Å². The van der Waals surface area contributed by atoms with Gasteiger partial charge in [-0.25, -0.2) is 0 Å². The Morgan fingerprint density at radius 3 is 2.41 bits per heavy atom. The average molecular weight is 400 g/mol. The van der Waals surface area contributed by atoms with Crippen molar-refractivity contribution in [2.45, 2.75) is 26.2 Å². The number of benzene rings is 2. The highest BCUT2D eigenvalue weighted by atomic mass is 16.5. The molecule has 6 nitrogen and oxygen atoms in total. The maximum absolute atomic E-state index is 5.65. The van der Waals surface area contributed by atoms with Crippen LogP contribution in [0.5, 0.6) is 17.2 Å². The summed E-state index contributed by atoms with van der Waals surface area (Å²) in [4.78, 5) is 4.29. The lowest BCUT2D eigenvalue weighted by molar-refractivity contribution is 0.310. The Morgan fingerprint density at radius 2 is 1.69 bits per heavy atom. The van der Waals surface area contributed by atoms with E-state index in [-0.39, 0.29) is 0 Å². The Bertz CT molecular complexity index is 778. The molecule has 0 aromatic heterocycles. The van der Waals surface area contributed by atoms with Gasteiger partial charge in [-0.3, -0.25) is 4.99 Å². The average Bonchev–Trinajstić information content (AvgIpc) is 2.76. The van der Waals surface area contributed by atoms with Crippen molar-refractivity contribution in [3.8, 4) is 17.2 Å². The molecule has 0 aliphatic carbocycles. The van der Waals surface area contributed by atoms with Gasteiger partial charge in [0.1, 0.15) is 5.75 Å². The van der Waals surface area contributed by atoms with Crippen molar-refractivity contribution in [1.29, 1.82) is 0 Å². The largest absolute Gasteiger partial charge is 0.497 e. The summed E-state index contributed by atoms with van der Waals surface area (Å²) in [6.45, 7) is 4.25. The number of nitrogens with one attached hydrogen (secondary N) is 2. The highest BCUT2D eigenvalue weighted by Gasteiger charge is 2.05. The highest BCUT2D eigenvalue weighted by Crippen LogP contribution is 2.28. The van der Waals surface area contributed by atoms with E-state index in [1.165, 1.54) is 11.1 Å². The summed E-state index contributed by atoms with van der Waals surface area (Å²) in [5.41, 5.74) is 2.47. The summed E-state index contributed by atoms with van der Waals surface area (Å²) in [6.07, 6.45) is 2.86. The van der Waals surface area contributed by atoms with Crippen molar-refractivity contribution in [1.82, 2.24) is 10.6 Å². The zero-order valence-corrected chi connectivity index (χ0v) is 18.0. The van der Waals surface area contributed by atoms with Gasteiger partial charge in [0.2, 0.25) is 0 Å². The molecule has 6 heteroatoms.